The lowest BCUT2D eigenvalue weighted by Crippen LogP contribution is -2.30. The number of carboxylic acid groups (broad SMARTS) is 1. The minimum absolute atomic E-state index is 0.369. The van der Waals surface area contributed by atoms with Crippen LogP contribution in [0.4, 0.5) is 15.8 Å². The Hall–Kier alpha value is -3.33. The predicted octanol–water partition coefficient (Wildman–Crippen LogP) is 6.85. The summed E-state index contributed by atoms with van der Waals surface area (Å²) >= 11 is 3.12. The Labute approximate surface area is 205 Å². The van der Waals surface area contributed by atoms with Gasteiger partial charge in [-0.05, 0) is 71.1 Å². The molecule has 1 aliphatic heterocycles. The van der Waals surface area contributed by atoms with Gasteiger partial charge in [-0.1, -0.05) is 24.3 Å². The van der Waals surface area contributed by atoms with Crippen LogP contribution in [0.25, 0.3) is 11.1 Å². The Morgan fingerprint density at radius 3 is 2.71 bits per heavy atom. The Morgan fingerprint density at radius 2 is 1.97 bits per heavy atom. The van der Waals surface area contributed by atoms with Gasteiger partial charge >= 0.3 is 5.97 Å². The molecule has 0 aliphatic carbocycles. The average molecular weight is 493 g/mol. The van der Waals surface area contributed by atoms with Crippen molar-refractivity contribution in [2.24, 2.45) is 0 Å². The maximum atomic E-state index is 14.1. The van der Waals surface area contributed by atoms with Crippen molar-refractivity contribution in [2.45, 2.75) is 18.4 Å². The number of nitrogens with one attached hydrogen (secondary N) is 1. The molecule has 172 valence electrons. The van der Waals surface area contributed by atoms with Gasteiger partial charge in [0, 0.05) is 27.8 Å². The monoisotopic (exact) mass is 492 g/mol. The van der Waals surface area contributed by atoms with Crippen molar-refractivity contribution in [3.8, 4) is 16.9 Å². The molecule has 0 bridgehead atoms. The van der Waals surface area contributed by atoms with Crippen LogP contribution >= 0.6 is 23.3 Å². The number of anilines is 2. The number of carbonyl (C=O) groups is 1. The molecule has 1 aliphatic rings. The van der Waals surface area contributed by atoms with Crippen LogP contribution in [0.1, 0.15) is 21.5 Å². The molecule has 0 saturated carbocycles. The lowest BCUT2D eigenvalue weighted by molar-refractivity contribution is 0.0692. The van der Waals surface area contributed by atoms with E-state index in [0.29, 0.717) is 30.2 Å². The molecule has 2 N–H and O–H groups in total. The van der Waals surface area contributed by atoms with Crippen LogP contribution in [0, 0.1) is 12.7 Å². The van der Waals surface area contributed by atoms with E-state index in [1.165, 1.54) is 24.1 Å². The number of thiophene rings is 1. The number of carboxylic acids is 1. The zero-order valence-electron chi connectivity index (χ0n) is 18.2. The topological polar surface area (TPSA) is 61.8 Å². The number of halogens is 1. The summed E-state index contributed by atoms with van der Waals surface area (Å²) in [5.41, 5.74) is 5.19. The molecule has 4 aromatic rings. The molecule has 8 heteroatoms. The fraction of sp³-hybridized carbons (Fsp3) is 0.115. The third-order valence-corrected chi connectivity index (χ3v) is 7.41. The van der Waals surface area contributed by atoms with Gasteiger partial charge in [0.1, 0.15) is 18.2 Å². The number of benzene rings is 3. The highest BCUT2D eigenvalue weighted by Crippen LogP contribution is 2.44. The summed E-state index contributed by atoms with van der Waals surface area (Å²) in [5.74, 6) is -1.47. The fourth-order valence-corrected chi connectivity index (χ4v) is 5.47. The van der Waals surface area contributed by atoms with Gasteiger partial charge in [-0.2, -0.15) is 11.3 Å². The largest absolute Gasteiger partial charge is 0.488 e. The number of aryl methyl sites for hydroxylation is 1. The summed E-state index contributed by atoms with van der Waals surface area (Å²) in [7, 11) is 0. The third-order valence-electron chi connectivity index (χ3n) is 5.68. The lowest BCUT2D eigenvalue weighted by atomic mass is 10.0. The van der Waals surface area contributed by atoms with Gasteiger partial charge in [-0.25, -0.2) is 13.9 Å². The van der Waals surface area contributed by atoms with Gasteiger partial charge in [-0.3, -0.25) is 0 Å². The minimum atomic E-state index is -1.31. The summed E-state index contributed by atoms with van der Waals surface area (Å²) in [6.07, 6.45) is 0. The first-order valence-corrected chi connectivity index (χ1v) is 12.3. The van der Waals surface area contributed by atoms with E-state index in [0.717, 1.165) is 27.4 Å². The van der Waals surface area contributed by atoms with E-state index in [4.69, 9.17) is 4.74 Å². The summed E-state index contributed by atoms with van der Waals surface area (Å²) in [6.45, 7) is 3.04. The standard InChI is InChI=1S/C26H21FN2O3S2/c1-16-13-33-14-18(16)12-32-24-11-23-25(34-28-15-29(23)19-5-3-2-4-6-19)10-20(24)17-7-8-22(27)21(9-17)26(30)31/h2-11,13-14,28H,12,15H2,1H3,(H,30,31). The number of para-hydroxylation sites is 1. The van der Waals surface area contributed by atoms with Crippen LogP contribution in [-0.4, -0.2) is 17.7 Å². The van der Waals surface area contributed by atoms with E-state index in [1.54, 1.807) is 17.4 Å². The Bertz CT molecular complexity index is 1360. The molecule has 0 radical (unpaired) electrons. The number of nitrogens with zero attached hydrogens (tertiary/aromatic N) is 1. The molecule has 34 heavy (non-hydrogen) atoms. The van der Waals surface area contributed by atoms with E-state index >= 15 is 0 Å². The molecule has 5 nitrogen and oxygen atoms in total. The first-order valence-electron chi connectivity index (χ1n) is 10.6. The number of rotatable bonds is 6. The average Bonchev–Trinajstić information content (AvgIpc) is 3.27. The Kier molecular flexibility index (Phi) is 6.28. The molecule has 1 aromatic heterocycles. The van der Waals surface area contributed by atoms with Crippen molar-refractivity contribution in [3.63, 3.8) is 0 Å². The summed E-state index contributed by atoms with van der Waals surface area (Å²) in [4.78, 5) is 14.7. The number of ether oxygens (including phenoxy) is 1. The summed E-state index contributed by atoms with van der Waals surface area (Å²) in [6, 6.07) is 18.1. The van der Waals surface area contributed by atoms with Crippen LogP contribution in [0.2, 0.25) is 0 Å². The maximum absolute atomic E-state index is 14.1. The number of aromatic carboxylic acids is 1. The maximum Gasteiger partial charge on any atom is 0.338 e. The van der Waals surface area contributed by atoms with E-state index in [1.807, 2.05) is 49.4 Å². The van der Waals surface area contributed by atoms with Gasteiger partial charge in [0.2, 0.25) is 0 Å². The van der Waals surface area contributed by atoms with Gasteiger partial charge in [0.25, 0.3) is 0 Å². The minimum Gasteiger partial charge on any atom is -0.488 e. The van der Waals surface area contributed by atoms with Crippen LogP contribution in [-0.2, 0) is 6.61 Å². The second kappa shape index (κ2) is 9.50. The van der Waals surface area contributed by atoms with Crippen molar-refractivity contribution in [1.82, 2.24) is 4.72 Å². The highest BCUT2D eigenvalue weighted by molar-refractivity contribution is 7.97. The first-order chi connectivity index (χ1) is 16.5. The van der Waals surface area contributed by atoms with E-state index in [9.17, 15) is 14.3 Å². The molecule has 0 unspecified atom stereocenters. The van der Waals surface area contributed by atoms with Gasteiger partial charge in [0.15, 0.2) is 0 Å². The molecule has 0 fully saturated rings. The van der Waals surface area contributed by atoms with Gasteiger partial charge in [-0.15, -0.1) is 0 Å². The molecule has 0 amide bonds. The smallest absolute Gasteiger partial charge is 0.338 e. The highest BCUT2D eigenvalue weighted by Gasteiger charge is 2.23. The Morgan fingerprint density at radius 1 is 1.15 bits per heavy atom. The first kappa shape index (κ1) is 22.5. The van der Waals surface area contributed by atoms with Crippen molar-refractivity contribution in [2.75, 3.05) is 11.6 Å². The SMILES string of the molecule is Cc1cscc1COc1cc2c(cc1-c1ccc(F)c(C(=O)O)c1)SNCN2c1ccccc1. The van der Waals surface area contributed by atoms with E-state index in [-0.39, 0.29) is 5.56 Å². The normalized spacial score (nSPS) is 12.9. The number of hydrogen-bond acceptors (Lipinski definition) is 6. The van der Waals surface area contributed by atoms with Crippen LogP contribution in [0.15, 0.2) is 76.3 Å². The quantitative estimate of drug-likeness (QED) is 0.287. The fourth-order valence-electron chi connectivity index (χ4n) is 3.83. The van der Waals surface area contributed by atoms with Gasteiger partial charge < -0.3 is 14.7 Å². The van der Waals surface area contributed by atoms with Crippen LogP contribution in [0.3, 0.4) is 0 Å². The Balaban J connectivity index is 1.62. The zero-order chi connectivity index (χ0) is 23.7. The van der Waals surface area contributed by atoms with Crippen molar-refractivity contribution in [3.05, 3.63) is 93.9 Å². The molecular formula is C26H21FN2O3S2. The van der Waals surface area contributed by atoms with Crippen LogP contribution in [0.5, 0.6) is 5.75 Å². The summed E-state index contributed by atoms with van der Waals surface area (Å²) in [5, 5.41) is 13.6. The predicted molar refractivity (Wildman–Crippen MR) is 135 cm³/mol. The highest BCUT2D eigenvalue weighted by atomic mass is 32.2. The molecule has 5 rings (SSSR count). The number of hydrogen-bond donors (Lipinski definition) is 2. The molecule has 0 atom stereocenters. The molecule has 0 saturated heterocycles. The second-order valence-corrected chi connectivity index (χ2v) is 9.53. The van der Waals surface area contributed by atoms with Crippen molar-refractivity contribution < 1.29 is 19.0 Å². The molecule has 3 aromatic carbocycles. The number of fused-ring (bicyclic) bond motifs is 1. The second-order valence-electron chi connectivity index (χ2n) is 7.85. The van der Waals surface area contributed by atoms with E-state index in [2.05, 4.69) is 20.4 Å². The molecular weight excluding hydrogens is 471 g/mol. The lowest BCUT2D eigenvalue weighted by Gasteiger charge is -2.32. The van der Waals surface area contributed by atoms with Crippen LogP contribution < -0.4 is 14.4 Å². The van der Waals surface area contributed by atoms with Crippen molar-refractivity contribution in [1.29, 1.82) is 0 Å². The van der Waals surface area contributed by atoms with E-state index < -0.39 is 11.8 Å². The third kappa shape index (κ3) is 4.40. The van der Waals surface area contributed by atoms with Crippen molar-refractivity contribution >= 4 is 40.6 Å². The summed E-state index contributed by atoms with van der Waals surface area (Å²) < 4.78 is 23.7. The zero-order valence-corrected chi connectivity index (χ0v) is 19.9. The molecule has 2 heterocycles. The van der Waals surface area contributed by atoms with Gasteiger partial charge in [0.05, 0.1) is 17.9 Å². The molecule has 0 spiro atoms.